The van der Waals surface area contributed by atoms with Gasteiger partial charge in [0.25, 0.3) is 0 Å². The van der Waals surface area contributed by atoms with Crippen molar-refractivity contribution in [3.05, 3.63) is 12.7 Å². The molecule has 0 spiro atoms. The van der Waals surface area contributed by atoms with Gasteiger partial charge in [-0.3, -0.25) is 4.99 Å². The van der Waals surface area contributed by atoms with Crippen molar-refractivity contribution < 1.29 is 0 Å². The molecule has 4 nitrogen and oxygen atoms in total. The first-order valence-electron chi connectivity index (χ1n) is 7.36. The first kappa shape index (κ1) is 18.0. The highest BCUT2D eigenvalue weighted by Gasteiger charge is 2.04. The van der Waals surface area contributed by atoms with Crippen LogP contribution in [0.2, 0.25) is 0 Å². The summed E-state index contributed by atoms with van der Waals surface area (Å²) in [5, 5.41) is 3.40. The smallest absolute Gasteiger partial charge is 0.193 e. The Labute approximate surface area is 119 Å². The highest BCUT2D eigenvalue weighted by atomic mass is 15.3. The number of hydrogen-bond acceptors (Lipinski definition) is 2. The van der Waals surface area contributed by atoms with Crippen LogP contribution in [0.3, 0.4) is 0 Å². The van der Waals surface area contributed by atoms with E-state index in [-0.39, 0.29) is 0 Å². The van der Waals surface area contributed by atoms with E-state index >= 15 is 0 Å². The fourth-order valence-corrected chi connectivity index (χ4v) is 1.82. The van der Waals surface area contributed by atoms with Gasteiger partial charge in [-0.15, -0.1) is 6.58 Å². The lowest BCUT2D eigenvalue weighted by molar-refractivity contribution is 0.353. The number of nitrogens with zero attached hydrogens (tertiary/aromatic N) is 3. The molecule has 19 heavy (non-hydrogen) atoms. The van der Waals surface area contributed by atoms with E-state index in [1.807, 2.05) is 13.1 Å². The summed E-state index contributed by atoms with van der Waals surface area (Å²) in [5.41, 5.74) is 0. The van der Waals surface area contributed by atoms with Gasteiger partial charge in [0.05, 0.1) is 0 Å². The van der Waals surface area contributed by atoms with Gasteiger partial charge in [0, 0.05) is 33.7 Å². The molecule has 0 radical (unpaired) electrons. The molecule has 0 heterocycles. The zero-order chi connectivity index (χ0) is 14.5. The van der Waals surface area contributed by atoms with E-state index in [4.69, 9.17) is 0 Å². The minimum atomic E-state index is 0.942. The molecule has 0 aromatic heterocycles. The maximum absolute atomic E-state index is 4.32. The van der Waals surface area contributed by atoms with Crippen LogP contribution in [0.5, 0.6) is 0 Å². The van der Waals surface area contributed by atoms with Crippen molar-refractivity contribution in [2.45, 2.75) is 32.6 Å². The van der Waals surface area contributed by atoms with Crippen LogP contribution in [0.25, 0.3) is 0 Å². The van der Waals surface area contributed by atoms with Crippen molar-refractivity contribution in [2.75, 3.05) is 47.3 Å². The van der Waals surface area contributed by atoms with Crippen LogP contribution in [-0.4, -0.2) is 63.1 Å². The third-order valence-corrected chi connectivity index (χ3v) is 3.29. The number of nitrogens with one attached hydrogen (secondary N) is 1. The van der Waals surface area contributed by atoms with Gasteiger partial charge in [0.2, 0.25) is 0 Å². The van der Waals surface area contributed by atoms with Crippen molar-refractivity contribution in [1.29, 1.82) is 0 Å². The molecule has 0 aliphatic rings. The van der Waals surface area contributed by atoms with Gasteiger partial charge in [0.15, 0.2) is 5.96 Å². The second-order valence-electron chi connectivity index (χ2n) is 4.93. The average Bonchev–Trinajstić information content (AvgIpc) is 2.42. The highest BCUT2D eigenvalue weighted by molar-refractivity contribution is 5.79. The lowest BCUT2D eigenvalue weighted by atomic mass is 10.2. The Hall–Kier alpha value is -1.03. The van der Waals surface area contributed by atoms with E-state index in [0.29, 0.717) is 0 Å². The Bertz CT molecular complexity index is 251. The predicted octanol–water partition coefficient (Wildman–Crippen LogP) is 2.19. The standard InChI is InChI=1S/C15H32N4/c1-6-8-9-10-11-13-19(5)15(16-3)17-12-14-18(4)7-2/h6H,1,7-14H2,2-5H3,(H,16,17). The summed E-state index contributed by atoms with van der Waals surface area (Å²) in [5.74, 6) is 0.994. The molecule has 0 amide bonds. The Kier molecular flexibility index (Phi) is 11.4. The maximum atomic E-state index is 4.32. The topological polar surface area (TPSA) is 30.9 Å². The van der Waals surface area contributed by atoms with Crippen LogP contribution in [-0.2, 0) is 0 Å². The summed E-state index contributed by atoms with van der Waals surface area (Å²) in [7, 11) is 6.08. The Morgan fingerprint density at radius 3 is 2.53 bits per heavy atom. The number of hydrogen-bond donors (Lipinski definition) is 1. The molecule has 0 atom stereocenters. The predicted molar refractivity (Wildman–Crippen MR) is 85.8 cm³/mol. The molecule has 0 bridgehead atoms. The second-order valence-corrected chi connectivity index (χ2v) is 4.93. The number of rotatable bonds is 10. The summed E-state index contributed by atoms with van der Waals surface area (Å²) in [6.45, 7) is 10.0. The van der Waals surface area contributed by atoms with Crippen molar-refractivity contribution >= 4 is 5.96 Å². The monoisotopic (exact) mass is 268 g/mol. The molecule has 0 aromatic carbocycles. The van der Waals surface area contributed by atoms with Crippen LogP contribution in [0.1, 0.15) is 32.6 Å². The van der Waals surface area contributed by atoms with E-state index in [0.717, 1.165) is 38.6 Å². The molecule has 0 saturated carbocycles. The van der Waals surface area contributed by atoms with Crippen molar-refractivity contribution in [3.8, 4) is 0 Å². The summed E-state index contributed by atoms with van der Waals surface area (Å²) in [6.07, 6.45) is 6.82. The van der Waals surface area contributed by atoms with E-state index in [1.165, 1.54) is 19.3 Å². The minimum Gasteiger partial charge on any atom is -0.355 e. The summed E-state index contributed by atoms with van der Waals surface area (Å²) >= 11 is 0. The summed E-state index contributed by atoms with van der Waals surface area (Å²) in [6, 6.07) is 0. The number of unbranched alkanes of at least 4 members (excludes halogenated alkanes) is 3. The lowest BCUT2D eigenvalue weighted by Gasteiger charge is -2.23. The molecule has 112 valence electrons. The molecule has 4 heteroatoms. The van der Waals surface area contributed by atoms with Gasteiger partial charge >= 0.3 is 0 Å². The van der Waals surface area contributed by atoms with Crippen LogP contribution in [0.4, 0.5) is 0 Å². The molecule has 0 rings (SSSR count). The number of aliphatic imine (C=N–C) groups is 1. The Morgan fingerprint density at radius 1 is 1.21 bits per heavy atom. The van der Waals surface area contributed by atoms with Crippen molar-refractivity contribution in [2.24, 2.45) is 4.99 Å². The van der Waals surface area contributed by atoms with Gasteiger partial charge in [-0.2, -0.15) is 0 Å². The second kappa shape index (κ2) is 12.0. The van der Waals surface area contributed by atoms with E-state index in [1.54, 1.807) is 0 Å². The summed E-state index contributed by atoms with van der Waals surface area (Å²) < 4.78 is 0. The van der Waals surface area contributed by atoms with Gasteiger partial charge in [0.1, 0.15) is 0 Å². The quantitative estimate of drug-likeness (QED) is 0.285. The molecule has 1 N–H and O–H groups in total. The molecule has 0 aliphatic carbocycles. The molecule has 0 fully saturated rings. The largest absolute Gasteiger partial charge is 0.355 e. The van der Waals surface area contributed by atoms with Gasteiger partial charge in [-0.05, 0) is 32.9 Å². The van der Waals surface area contributed by atoms with Gasteiger partial charge in [-0.25, -0.2) is 0 Å². The molecule has 0 aromatic rings. The van der Waals surface area contributed by atoms with Crippen molar-refractivity contribution in [1.82, 2.24) is 15.1 Å². The minimum absolute atomic E-state index is 0.942. The number of likely N-dealkylation sites (N-methyl/N-ethyl adjacent to an activating group) is 1. The first-order chi connectivity index (χ1) is 9.15. The number of guanidine groups is 1. The average molecular weight is 268 g/mol. The van der Waals surface area contributed by atoms with Crippen LogP contribution >= 0.6 is 0 Å². The third kappa shape index (κ3) is 9.54. The molecule has 0 saturated heterocycles. The highest BCUT2D eigenvalue weighted by Crippen LogP contribution is 2.01. The Balaban J connectivity index is 3.79. The summed E-state index contributed by atoms with van der Waals surface area (Å²) in [4.78, 5) is 8.82. The first-order valence-corrected chi connectivity index (χ1v) is 7.36. The molecular formula is C15H32N4. The fraction of sp³-hybridized carbons (Fsp3) is 0.800. The normalized spacial score (nSPS) is 11.7. The zero-order valence-electron chi connectivity index (χ0n) is 13.3. The van der Waals surface area contributed by atoms with E-state index < -0.39 is 0 Å². The Morgan fingerprint density at radius 2 is 1.95 bits per heavy atom. The van der Waals surface area contributed by atoms with Crippen LogP contribution in [0, 0.1) is 0 Å². The van der Waals surface area contributed by atoms with E-state index in [2.05, 4.69) is 47.7 Å². The lowest BCUT2D eigenvalue weighted by Crippen LogP contribution is -2.42. The molecular weight excluding hydrogens is 236 g/mol. The third-order valence-electron chi connectivity index (χ3n) is 3.29. The molecule has 0 aliphatic heterocycles. The fourth-order valence-electron chi connectivity index (χ4n) is 1.82. The SMILES string of the molecule is C=CCCCCCN(C)C(=NC)NCCN(C)CC. The van der Waals surface area contributed by atoms with Gasteiger partial charge < -0.3 is 15.1 Å². The maximum Gasteiger partial charge on any atom is 0.193 e. The zero-order valence-corrected chi connectivity index (χ0v) is 13.3. The van der Waals surface area contributed by atoms with E-state index in [9.17, 15) is 0 Å². The van der Waals surface area contributed by atoms with Crippen LogP contribution < -0.4 is 5.32 Å². The van der Waals surface area contributed by atoms with Crippen molar-refractivity contribution in [3.63, 3.8) is 0 Å². The van der Waals surface area contributed by atoms with Crippen LogP contribution in [0.15, 0.2) is 17.6 Å². The molecule has 0 unspecified atom stereocenters. The van der Waals surface area contributed by atoms with Gasteiger partial charge in [-0.1, -0.05) is 19.4 Å². The number of allylic oxidation sites excluding steroid dienone is 1.